The highest BCUT2D eigenvalue weighted by Gasteiger charge is 2.23. The SMILES string of the molecule is COC(=O)c1cc(C(C)NC(=O)OC(C)(C)C)nn1-c1ccccc1. The van der Waals surface area contributed by atoms with Gasteiger partial charge in [-0.3, -0.25) is 0 Å². The molecule has 134 valence electrons. The summed E-state index contributed by atoms with van der Waals surface area (Å²) in [7, 11) is 1.31. The lowest BCUT2D eigenvalue weighted by Gasteiger charge is -2.21. The summed E-state index contributed by atoms with van der Waals surface area (Å²) in [4.78, 5) is 24.0. The lowest BCUT2D eigenvalue weighted by atomic mass is 10.2. The van der Waals surface area contributed by atoms with Crippen LogP contribution < -0.4 is 5.32 Å². The number of nitrogens with one attached hydrogen (secondary N) is 1. The zero-order chi connectivity index (χ0) is 18.6. The Morgan fingerprint density at radius 1 is 1.20 bits per heavy atom. The third-order valence-electron chi connectivity index (χ3n) is 3.30. The van der Waals surface area contributed by atoms with Gasteiger partial charge in [0, 0.05) is 0 Å². The third kappa shape index (κ3) is 4.82. The van der Waals surface area contributed by atoms with Crippen LogP contribution in [0.1, 0.15) is 49.9 Å². The number of hydrogen-bond acceptors (Lipinski definition) is 5. The second-order valence-corrected chi connectivity index (χ2v) is 6.56. The average molecular weight is 345 g/mol. The van der Waals surface area contributed by atoms with Crippen LogP contribution in [0.2, 0.25) is 0 Å². The molecule has 2 aromatic rings. The topological polar surface area (TPSA) is 82.4 Å². The molecule has 0 aliphatic heterocycles. The standard InChI is InChI=1S/C18H23N3O4/c1-12(19-17(23)25-18(2,3)4)14-11-15(16(22)24-5)21(20-14)13-9-7-6-8-10-13/h6-12H,1-5H3,(H,19,23). The molecule has 0 saturated carbocycles. The van der Waals surface area contributed by atoms with E-state index in [1.54, 1.807) is 33.8 Å². The number of ether oxygens (including phenoxy) is 2. The maximum Gasteiger partial charge on any atom is 0.408 e. The Morgan fingerprint density at radius 2 is 1.84 bits per heavy atom. The van der Waals surface area contributed by atoms with E-state index in [-0.39, 0.29) is 5.69 Å². The predicted molar refractivity (Wildman–Crippen MR) is 92.7 cm³/mol. The van der Waals surface area contributed by atoms with Crippen molar-refractivity contribution in [3.63, 3.8) is 0 Å². The minimum Gasteiger partial charge on any atom is -0.464 e. The van der Waals surface area contributed by atoms with Gasteiger partial charge in [0.15, 0.2) is 5.69 Å². The number of methoxy groups -OCH3 is 1. The van der Waals surface area contributed by atoms with Gasteiger partial charge in [0.25, 0.3) is 0 Å². The molecule has 1 atom stereocenters. The molecule has 7 nitrogen and oxygen atoms in total. The molecule has 0 saturated heterocycles. The van der Waals surface area contributed by atoms with Crippen molar-refractivity contribution in [2.75, 3.05) is 7.11 Å². The van der Waals surface area contributed by atoms with Crippen LogP contribution in [0.15, 0.2) is 36.4 Å². The Labute approximate surface area is 146 Å². The number of alkyl carbamates (subject to hydrolysis) is 1. The summed E-state index contributed by atoms with van der Waals surface area (Å²) in [5.41, 5.74) is 0.931. The van der Waals surface area contributed by atoms with Crippen molar-refractivity contribution in [1.29, 1.82) is 0 Å². The molecular formula is C18H23N3O4. The second-order valence-electron chi connectivity index (χ2n) is 6.56. The van der Waals surface area contributed by atoms with E-state index in [2.05, 4.69) is 10.4 Å². The monoisotopic (exact) mass is 345 g/mol. The molecular weight excluding hydrogens is 322 g/mol. The van der Waals surface area contributed by atoms with E-state index in [1.807, 2.05) is 30.3 Å². The average Bonchev–Trinajstić information content (AvgIpc) is 2.98. The van der Waals surface area contributed by atoms with Crippen LogP contribution >= 0.6 is 0 Å². The fourth-order valence-corrected chi connectivity index (χ4v) is 2.19. The van der Waals surface area contributed by atoms with Gasteiger partial charge in [0.05, 0.1) is 24.5 Å². The number of benzene rings is 1. The van der Waals surface area contributed by atoms with E-state index < -0.39 is 23.7 Å². The van der Waals surface area contributed by atoms with Crippen LogP contribution in [0, 0.1) is 0 Å². The number of carbonyl (C=O) groups excluding carboxylic acids is 2. The van der Waals surface area contributed by atoms with Crippen LogP contribution in [-0.4, -0.2) is 34.6 Å². The molecule has 0 fully saturated rings. The summed E-state index contributed by atoms with van der Waals surface area (Å²) >= 11 is 0. The van der Waals surface area contributed by atoms with E-state index >= 15 is 0 Å². The first kappa shape index (κ1) is 18.5. The molecule has 1 N–H and O–H groups in total. The predicted octanol–water partition coefficient (Wildman–Crippen LogP) is 3.24. The molecule has 0 radical (unpaired) electrons. The lowest BCUT2D eigenvalue weighted by molar-refractivity contribution is 0.0506. The van der Waals surface area contributed by atoms with E-state index in [9.17, 15) is 9.59 Å². The molecule has 25 heavy (non-hydrogen) atoms. The quantitative estimate of drug-likeness (QED) is 0.860. The van der Waals surface area contributed by atoms with E-state index in [0.29, 0.717) is 5.69 Å². The number of esters is 1. The molecule has 1 amide bonds. The van der Waals surface area contributed by atoms with Gasteiger partial charge in [0.1, 0.15) is 5.60 Å². The van der Waals surface area contributed by atoms with Crippen molar-refractivity contribution >= 4 is 12.1 Å². The Morgan fingerprint density at radius 3 is 2.40 bits per heavy atom. The van der Waals surface area contributed by atoms with Gasteiger partial charge in [-0.1, -0.05) is 18.2 Å². The number of rotatable bonds is 4. The molecule has 1 unspecified atom stereocenters. The molecule has 1 aromatic heterocycles. The van der Waals surface area contributed by atoms with Gasteiger partial charge in [-0.05, 0) is 45.9 Å². The largest absolute Gasteiger partial charge is 0.464 e. The van der Waals surface area contributed by atoms with Crippen LogP contribution in [0.5, 0.6) is 0 Å². The number of nitrogens with zero attached hydrogens (tertiary/aromatic N) is 2. The molecule has 2 rings (SSSR count). The third-order valence-corrected chi connectivity index (χ3v) is 3.30. The fraction of sp³-hybridized carbons (Fsp3) is 0.389. The first-order valence-electron chi connectivity index (χ1n) is 7.94. The molecule has 0 aliphatic rings. The summed E-state index contributed by atoms with van der Waals surface area (Å²) in [6, 6.07) is 10.4. The van der Waals surface area contributed by atoms with E-state index in [4.69, 9.17) is 9.47 Å². The first-order valence-corrected chi connectivity index (χ1v) is 7.94. The number of aromatic nitrogens is 2. The summed E-state index contributed by atoms with van der Waals surface area (Å²) in [6.45, 7) is 7.13. The molecule has 7 heteroatoms. The Kier molecular flexibility index (Phi) is 5.46. The Bertz CT molecular complexity index is 747. The van der Waals surface area contributed by atoms with Gasteiger partial charge in [-0.15, -0.1) is 0 Å². The number of carbonyl (C=O) groups is 2. The van der Waals surface area contributed by atoms with Gasteiger partial charge in [0.2, 0.25) is 0 Å². The maximum absolute atomic E-state index is 12.1. The zero-order valence-corrected chi connectivity index (χ0v) is 15.1. The van der Waals surface area contributed by atoms with Gasteiger partial charge in [-0.25, -0.2) is 14.3 Å². The smallest absolute Gasteiger partial charge is 0.408 e. The number of para-hydroxylation sites is 1. The fourth-order valence-electron chi connectivity index (χ4n) is 2.19. The highest BCUT2D eigenvalue weighted by molar-refractivity contribution is 5.88. The van der Waals surface area contributed by atoms with Crippen LogP contribution in [0.3, 0.4) is 0 Å². The zero-order valence-electron chi connectivity index (χ0n) is 15.1. The van der Waals surface area contributed by atoms with Crippen molar-refractivity contribution in [1.82, 2.24) is 15.1 Å². The number of amides is 1. The highest BCUT2D eigenvalue weighted by Crippen LogP contribution is 2.19. The molecule has 0 bridgehead atoms. The minimum absolute atomic E-state index is 0.279. The lowest BCUT2D eigenvalue weighted by Crippen LogP contribution is -2.34. The Hall–Kier alpha value is -2.83. The van der Waals surface area contributed by atoms with E-state index in [0.717, 1.165) is 5.69 Å². The number of hydrogen-bond donors (Lipinski definition) is 1. The van der Waals surface area contributed by atoms with Crippen molar-refractivity contribution in [2.24, 2.45) is 0 Å². The van der Waals surface area contributed by atoms with Crippen LogP contribution in [0.4, 0.5) is 4.79 Å². The second kappa shape index (κ2) is 7.38. The summed E-state index contributed by atoms with van der Waals surface area (Å²) in [5, 5.41) is 7.16. The highest BCUT2D eigenvalue weighted by atomic mass is 16.6. The normalized spacial score (nSPS) is 12.4. The van der Waals surface area contributed by atoms with Gasteiger partial charge in [-0.2, -0.15) is 5.10 Å². The molecule has 0 spiro atoms. The Balaban J connectivity index is 2.28. The van der Waals surface area contributed by atoms with Crippen molar-refractivity contribution in [3.05, 3.63) is 47.8 Å². The van der Waals surface area contributed by atoms with Crippen LogP contribution in [-0.2, 0) is 9.47 Å². The van der Waals surface area contributed by atoms with Crippen molar-refractivity contribution < 1.29 is 19.1 Å². The first-order chi connectivity index (χ1) is 11.7. The molecule has 0 aliphatic carbocycles. The summed E-state index contributed by atoms with van der Waals surface area (Å²) in [5.74, 6) is -0.507. The summed E-state index contributed by atoms with van der Waals surface area (Å²) < 4.78 is 11.6. The summed E-state index contributed by atoms with van der Waals surface area (Å²) in [6.07, 6.45) is -0.547. The molecule has 1 heterocycles. The maximum atomic E-state index is 12.1. The van der Waals surface area contributed by atoms with E-state index in [1.165, 1.54) is 11.8 Å². The van der Waals surface area contributed by atoms with Crippen molar-refractivity contribution in [3.8, 4) is 5.69 Å². The van der Waals surface area contributed by atoms with Crippen molar-refractivity contribution in [2.45, 2.75) is 39.3 Å². The molecule has 1 aromatic carbocycles. The minimum atomic E-state index is -0.593. The van der Waals surface area contributed by atoms with Crippen LogP contribution in [0.25, 0.3) is 5.69 Å². The van der Waals surface area contributed by atoms with Gasteiger partial charge >= 0.3 is 12.1 Å². The van der Waals surface area contributed by atoms with Gasteiger partial charge < -0.3 is 14.8 Å².